The number of fused-ring (bicyclic) bond motifs is 1. The average molecular weight is 386 g/mol. The number of carbonyl (C=O) groups is 1. The zero-order valence-corrected chi connectivity index (χ0v) is 16.0. The fourth-order valence-corrected chi connectivity index (χ4v) is 3.06. The van der Waals surface area contributed by atoms with Crippen molar-refractivity contribution in [3.8, 4) is 5.75 Å². The van der Waals surface area contributed by atoms with Gasteiger partial charge in [-0.25, -0.2) is 0 Å². The number of pyridine rings is 1. The van der Waals surface area contributed by atoms with Crippen molar-refractivity contribution in [2.24, 2.45) is 0 Å². The highest BCUT2D eigenvalue weighted by Crippen LogP contribution is 2.14. The van der Waals surface area contributed by atoms with Gasteiger partial charge in [0, 0.05) is 24.7 Å². The van der Waals surface area contributed by atoms with Crippen LogP contribution in [-0.4, -0.2) is 27.0 Å². The van der Waals surface area contributed by atoms with Gasteiger partial charge in [-0.2, -0.15) is 0 Å². The molecule has 0 fully saturated rings. The van der Waals surface area contributed by atoms with E-state index in [4.69, 9.17) is 4.74 Å². The Labute approximate surface area is 169 Å². The van der Waals surface area contributed by atoms with Gasteiger partial charge in [0.25, 0.3) is 5.91 Å². The number of ether oxygens (including phenoxy) is 1. The van der Waals surface area contributed by atoms with Gasteiger partial charge >= 0.3 is 0 Å². The van der Waals surface area contributed by atoms with Gasteiger partial charge in [-0.1, -0.05) is 36.4 Å². The Bertz CT molecular complexity index is 1070. The SMILES string of the molecule is O=C(NCCCc1nnc2ccccn12)c1ccc(OCc2ccccc2)cc1. The number of hydrogen-bond acceptors (Lipinski definition) is 4. The smallest absolute Gasteiger partial charge is 0.251 e. The largest absolute Gasteiger partial charge is 0.489 e. The van der Waals surface area contributed by atoms with Crippen molar-refractivity contribution in [2.75, 3.05) is 6.54 Å². The molecule has 2 aromatic carbocycles. The van der Waals surface area contributed by atoms with Crippen molar-refractivity contribution in [1.82, 2.24) is 19.9 Å². The minimum Gasteiger partial charge on any atom is -0.489 e. The Kier molecular flexibility index (Phi) is 5.81. The Hall–Kier alpha value is -3.67. The molecular weight excluding hydrogens is 364 g/mol. The maximum atomic E-state index is 12.3. The van der Waals surface area contributed by atoms with E-state index in [2.05, 4.69) is 15.5 Å². The van der Waals surface area contributed by atoms with E-state index in [0.717, 1.165) is 35.6 Å². The van der Waals surface area contributed by atoms with Gasteiger partial charge in [-0.15, -0.1) is 10.2 Å². The first-order chi connectivity index (χ1) is 14.3. The van der Waals surface area contributed by atoms with Gasteiger partial charge in [0.2, 0.25) is 0 Å². The molecule has 2 heterocycles. The Morgan fingerprint density at radius 2 is 1.72 bits per heavy atom. The van der Waals surface area contributed by atoms with Crippen LogP contribution < -0.4 is 10.1 Å². The van der Waals surface area contributed by atoms with Gasteiger partial charge in [-0.05, 0) is 48.4 Å². The van der Waals surface area contributed by atoms with Crippen molar-refractivity contribution < 1.29 is 9.53 Å². The highest BCUT2D eigenvalue weighted by atomic mass is 16.5. The molecule has 0 saturated carbocycles. The van der Waals surface area contributed by atoms with Gasteiger partial charge < -0.3 is 10.1 Å². The van der Waals surface area contributed by atoms with E-state index in [0.29, 0.717) is 18.7 Å². The topological polar surface area (TPSA) is 68.5 Å². The summed E-state index contributed by atoms with van der Waals surface area (Å²) in [6, 6.07) is 23.0. The molecule has 4 aromatic rings. The number of rotatable bonds is 8. The summed E-state index contributed by atoms with van der Waals surface area (Å²) in [7, 11) is 0. The second-order valence-electron chi connectivity index (χ2n) is 6.70. The maximum Gasteiger partial charge on any atom is 0.251 e. The summed E-state index contributed by atoms with van der Waals surface area (Å²) in [5.41, 5.74) is 2.56. The number of hydrogen-bond donors (Lipinski definition) is 1. The molecule has 1 N–H and O–H groups in total. The molecule has 6 nitrogen and oxygen atoms in total. The molecule has 0 saturated heterocycles. The van der Waals surface area contributed by atoms with Crippen LogP contribution in [0.2, 0.25) is 0 Å². The third-order valence-corrected chi connectivity index (χ3v) is 4.61. The molecule has 29 heavy (non-hydrogen) atoms. The number of nitrogens with zero attached hydrogens (tertiary/aromatic N) is 3. The summed E-state index contributed by atoms with van der Waals surface area (Å²) in [5, 5.41) is 11.3. The predicted molar refractivity (Wildman–Crippen MR) is 111 cm³/mol. The van der Waals surface area contributed by atoms with Crippen LogP contribution >= 0.6 is 0 Å². The Balaban J connectivity index is 1.23. The Morgan fingerprint density at radius 1 is 0.931 bits per heavy atom. The molecule has 1 amide bonds. The highest BCUT2D eigenvalue weighted by molar-refractivity contribution is 5.94. The lowest BCUT2D eigenvalue weighted by Gasteiger charge is -2.08. The molecule has 4 rings (SSSR count). The zero-order chi connectivity index (χ0) is 19.9. The molecule has 6 heteroatoms. The number of aromatic nitrogens is 3. The molecule has 0 bridgehead atoms. The Morgan fingerprint density at radius 3 is 2.55 bits per heavy atom. The fraction of sp³-hybridized carbons (Fsp3) is 0.174. The second kappa shape index (κ2) is 9.01. The summed E-state index contributed by atoms with van der Waals surface area (Å²) < 4.78 is 7.72. The summed E-state index contributed by atoms with van der Waals surface area (Å²) in [5.74, 6) is 1.55. The molecule has 0 atom stereocenters. The van der Waals surface area contributed by atoms with Gasteiger partial charge in [0.1, 0.15) is 18.2 Å². The first kappa shape index (κ1) is 18.7. The molecule has 0 spiro atoms. The van der Waals surface area contributed by atoms with Crippen molar-refractivity contribution >= 4 is 11.6 Å². The molecule has 0 aliphatic heterocycles. The third kappa shape index (κ3) is 4.79. The molecular formula is C23H22N4O2. The molecule has 0 unspecified atom stereocenters. The lowest BCUT2D eigenvalue weighted by Crippen LogP contribution is -2.24. The molecule has 0 aliphatic carbocycles. The van der Waals surface area contributed by atoms with Crippen molar-refractivity contribution in [1.29, 1.82) is 0 Å². The minimum absolute atomic E-state index is 0.0919. The average Bonchev–Trinajstić information content (AvgIpc) is 3.19. The molecule has 0 aliphatic rings. The van der Waals surface area contributed by atoms with Crippen LogP contribution in [-0.2, 0) is 13.0 Å². The van der Waals surface area contributed by atoms with Crippen LogP contribution in [0.3, 0.4) is 0 Å². The standard InChI is InChI=1S/C23H22N4O2/c28-23(24-15-6-10-22-26-25-21-9-4-5-16-27(21)22)19-11-13-20(14-12-19)29-17-18-7-2-1-3-8-18/h1-5,7-9,11-14,16H,6,10,15,17H2,(H,24,28). The van der Waals surface area contributed by atoms with E-state index in [1.54, 1.807) is 12.1 Å². The van der Waals surface area contributed by atoms with E-state index >= 15 is 0 Å². The number of nitrogens with one attached hydrogen (secondary N) is 1. The van der Waals surface area contributed by atoms with E-state index in [-0.39, 0.29) is 5.91 Å². The lowest BCUT2D eigenvalue weighted by atomic mass is 10.2. The normalized spacial score (nSPS) is 10.8. The van der Waals surface area contributed by atoms with E-state index in [1.807, 2.05) is 71.3 Å². The summed E-state index contributed by atoms with van der Waals surface area (Å²) in [6.07, 6.45) is 3.49. The quantitative estimate of drug-likeness (QED) is 0.469. The van der Waals surface area contributed by atoms with Gasteiger partial charge in [0.15, 0.2) is 5.65 Å². The van der Waals surface area contributed by atoms with Gasteiger partial charge in [0.05, 0.1) is 0 Å². The predicted octanol–water partition coefficient (Wildman–Crippen LogP) is 3.67. The van der Waals surface area contributed by atoms with Crippen LogP contribution in [0.15, 0.2) is 79.0 Å². The van der Waals surface area contributed by atoms with Crippen LogP contribution in [0.5, 0.6) is 5.75 Å². The second-order valence-corrected chi connectivity index (χ2v) is 6.70. The summed E-state index contributed by atoms with van der Waals surface area (Å²) >= 11 is 0. The van der Waals surface area contributed by atoms with Crippen LogP contribution in [0.25, 0.3) is 5.65 Å². The monoisotopic (exact) mass is 386 g/mol. The van der Waals surface area contributed by atoms with E-state index in [1.165, 1.54) is 0 Å². The van der Waals surface area contributed by atoms with Gasteiger partial charge in [-0.3, -0.25) is 9.20 Å². The number of carbonyl (C=O) groups excluding carboxylic acids is 1. The fourth-order valence-electron chi connectivity index (χ4n) is 3.06. The van der Waals surface area contributed by atoms with Crippen LogP contribution in [0.4, 0.5) is 0 Å². The summed E-state index contributed by atoms with van der Waals surface area (Å²) in [4.78, 5) is 12.3. The number of amides is 1. The van der Waals surface area contributed by atoms with Crippen molar-refractivity contribution in [3.63, 3.8) is 0 Å². The van der Waals surface area contributed by atoms with Crippen LogP contribution in [0.1, 0.15) is 28.2 Å². The van der Waals surface area contributed by atoms with E-state index < -0.39 is 0 Å². The summed E-state index contributed by atoms with van der Waals surface area (Å²) in [6.45, 7) is 1.08. The first-order valence-corrected chi connectivity index (χ1v) is 9.63. The minimum atomic E-state index is -0.0919. The van der Waals surface area contributed by atoms with E-state index in [9.17, 15) is 4.79 Å². The van der Waals surface area contributed by atoms with Crippen molar-refractivity contribution in [3.05, 3.63) is 95.9 Å². The molecule has 2 aromatic heterocycles. The molecule has 146 valence electrons. The maximum absolute atomic E-state index is 12.3. The number of aryl methyl sites for hydroxylation is 1. The van der Waals surface area contributed by atoms with Crippen molar-refractivity contribution in [2.45, 2.75) is 19.4 Å². The lowest BCUT2D eigenvalue weighted by molar-refractivity contribution is 0.0953. The number of benzene rings is 2. The third-order valence-electron chi connectivity index (χ3n) is 4.61. The van der Waals surface area contributed by atoms with Crippen LogP contribution in [0, 0.1) is 0 Å². The zero-order valence-electron chi connectivity index (χ0n) is 16.0. The highest BCUT2D eigenvalue weighted by Gasteiger charge is 2.07. The molecule has 0 radical (unpaired) electrons. The first-order valence-electron chi connectivity index (χ1n) is 9.63.